The summed E-state index contributed by atoms with van der Waals surface area (Å²) in [6, 6.07) is 11.8. The number of nitro groups is 1. The highest BCUT2D eigenvalue weighted by molar-refractivity contribution is 9.10. The molecule has 0 N–H and O–H groups in total. The van der Waals surface area contributed by atoms with E-state index in [2.05, 4.69) is 25.9 Å². The van der Waals surface area contributed by atoms with Crippen LogP contribution in [0.3, 0.4) is 0 Å². The second-order valence-electron chi connectivity index (χ2n) is 10.0. The summed E-state index contributed by atoms with van der Waals surface area (Å²) in [7, 11) is 3.50. The van der Waals surface area contributed by atoms with Gasteiger partial charge in [0.15, 0.2) is 5.69 Å². The van der Waals surface area contributed by atoms with Gasteiger partial charge in [-0.2, -0.15) is 10.2 Å². The molecule has 3 rings (SSSR count). The van der Waals surface area contributed by atoms with Crippen LogP contribution in [0.5, 0.6) is 11.6 Å². The van der Waals surface area contributed by atoms with E-state index in [1.807, 2.05) is 18.2 Å². The highest BCUT2D eigenvalue weighted by Crippen LogP contribution is 2.39. The molecule has 0 saturated heterocycles. The van der Waals surface area contributed by atoms with Crippen LogP contribution in [0.15, 0.2) is 47.1 Å². The van der Waals surface area contributed by atoms with Crippen molar-refractivity contribution in [3.8, 4) is 17.7 Å². The van der Waals surface area contributed by atoms with E-state index >= 15 is 0 Å². The zero-order valence-corrected chi connectivity index (χ0v) is 24.8. The van der Waals surface area contributed by atoms with Crippen molar-refractivity contribution in [2.24, 2.45) is 0 Å². The Balaban J connectivity index is 2.34. The Labute approximate surface area is 240 Å². The summed E-state index contributed by atoms with van der Waals surface area (Å²) >= 11 is 3.44. The number of anilines is 2. The fraction of sp³-hybridized carbons (Fsp3) is 0.286. The van der Waals surface area contributed by atoms with Crippen LogP contribution >= 0.6 is 15.9 Å². The van der Waals surface area contributed by atoms with Gasteiger partial charge in [0.2, 0.25) is 5.95 Å². The SMILES string of the molecule is Cc1cc(Br)cc(C)c1Oc1nc(N(C(=O)OC(C)(C)C)c2ccc(C#N)cc2)nc(C=CN(C)C)c1[N+](=O)[O-]. The van der Waals surface area contributed by atoms with E-state index in [0.717, 1.165) is 9.37 Å². The van der Waals surface area contributed by atoms with Crippen molar-refractivity contribution in [3.05, 3.63) is 79.6 Å². The maximum absolute atomic E-state index is 13.5. The summed E-state index contributed by atoms with van der Waals surface area (Å²) < 4.78 is 12.5. The second kappa shape index (κ2) is 12.1. The number of aryl methyl sites for hydroxylation is 2. The van der Waals surface area contributed by atoms with Gasteiger partial charge in [-0.3, -0.25) is 10.1 Å². The van der Waals surface area contributed by atoms with E-state index in [4.69, 9.17) is 9.47 Å². The zero-order valence-electron chi connectivity index (χ0n) is 23.2. The quantitative estimate of drug-likeness (QED) is 0.204. The van der Waals surface area contributed by atoms with E-state index < -0.39 is 22.3 Å². The van der Waals surface area contributed by atoms with Gasteiger partial charge in [-0.15, -0.1) is 0 Å². The normalized spacial score (nSPS) is 11.2. The predicted molar refractivity (Wildman–Crippen MR) is 155 cm³/mol. The van der Waals surface area contributed by atoms with E-state index in [1.165, 1.54) is 30.3 Å². The van der Waals surface area contributed by atoms with Crippen LogP contribution in [0.1, 0.15) is 43.2 Å². The molecule has 40 heavy (non-hydrogen) atoms. The van der Waals surface area contributed by atoms with Crippen LogP contribution in [0.25, 0.3) is 6.08 Å². The van der Waals surface area contributed by atoms with Crippen LogP contribution < -0.4 is 9.64 Å². The van der Waals surface area contributed by atoms with Crippen molar-refractivity contribution in [2.75, 3.05) is 19.0 Å². The topological polar surface area (TPSA) is 135 Å². The lowest BCUT2D eigenvalue weighted by atomic mass is 10.1. The number of hydrogen-bond acceptors (Lipinski definition) is 9. The van der Waals surface area contributed by atoms with Gasteiger partial charge in [0.25, 0.3) is 0 Å². The number of aromatic nitrogens is 2. The van der Waals surface area contributed by atoms with Gasteiger partial charge >= 0.3 is 17.7 Å². The zero-order chi connectivity index (χ0) is 29.8. The first-order valence-corrected chi connectivity index (χ1v) is 12.9. The maximum atomic E-state index is 13.5. The molecule has 2 aromatic carbocycles. The Kier molecular flexibility index (Phi) is 9.11. The summed E-state index contributed by atoms with van der Waals surface area (Å²) in [5, 5.41) is 21.5. The fourth-order valence-electron chi connectivity index (χ4n) is 3.57. The number of halogens is 1. The van der Waals surface area contributed by atoms with Crippen LogP contribution in [0, 0.1) is 35.3 Å². The molecule has 1 amide bonds. The van der Waals surface area contributed by atoms with Crippen LogP contribution in [0.4, 0.5) is 22.1 Å². The molecular formula is C28H29BrN6O5. The average Bonchev–Trinajstić information content (AvgIpc) is 2.84. The lowest BCUT2D eigenvalue weighted by Gasteiger charge is -2.26. The molecule has 0 atom stereocenters. The molecule has 0 aliphatic heterocycles. The molecule has 0 aliphatic carbocycles. The molecule has 1 heterocycles. The molecule has 3 aromatic rings. The first kappa shape index (κ1) is 30.0. The number of nitrogens with zero attached hydrogens (tertiary/aromatic N) is 6. The standard InChI is InChI=1S/C28H29BrN6O5/c1-17-14-20(29)15-18(2)24(17)39-25-23(35(37)38)22(12-13-33(6)7)31-26(32-25)34(27(36)40-28(3,4)5)21-10-8-19(16-30)9-11-21/h8-15H,1-7H3. The summed E-state index contributed by atoms with van der Waals surface area (Å²) in [6.45, 7) is 8.72. The molecule has 11 nitrogen and oxygen atoms in total. The van der Waals surface area contributed by atoms with Gasteiger partial charge < -0.3 is 14.4 Å². The molecule has 0 spiro atoms. The van der Waals surface area contributed by atoms with Crippen molar-refractivity contribution < 1.29 is 19.2 Å². The molecule has 0 unspecified atom stereocenters. The van der Waals surface area contributed by atoms with Gasteiger partial charge in [0.1, 0.15) is 11.4 Å². The number of carbonyl (C=O) groups excluding carboxylic acids is 1. The van der Waals surface area contributed by atoms with Gasteiger partial charge in [-0.05, 0) is 88.2 Å². The van der Waals surface area contributed by atoms with Crippen molar-refractivity contribution in [2.45, 2.75) is 40.2 Å². The van der Waals surface area contributed by atoms with Crippen LogP contribution in [0.2, 0.25) is 0 Å². The minimum absolute atomic E-state index is 0.0895. The molecule has 0 saturated carbocycles. The first-order valence-electron chi connectivity index (χ1n) is 12.1. The largest absolute Gasteiger partial charge is 0.443 e. The monoisotopic (exact) mass is 608 g/mol. The Morgan fingerprint density at radius 1 is 1.12 bits per heavy atom. The Bertz CT molecular complexity index is 1480. The third kappa shape index (κ3) is 7.33. The molecular weight excluding hydrogens is 580 g/mol. The Hall–Kier alpha value is -4.50. The van der Waals surface area contributed by atoms with Crippen LogP contribution in [-0.4, -0.2) is 45.6 Å². The summed E-state index contributed by atoms with van der Waals surface area (Å²) in [5.41, 5.74) is 0.636. The number of nitriles is 1. The predicted octanol–water partition coefficient (Wildman–Crippen LogP) is 7.03. The number of benzene rings is 2. The number of carbonyl (C=O) groups is 1. The van der Waals surface area contributed by atoms with Crippen molar-refractivity contribution in [1.82, 2.24) is 14.9 Å². The first-order chi connectivity index (χ1) is 18.7. The second-order valence-corrected chi connectivity index (χ2v) is 11.0. The third-order valence-corrected chi connectivity index (χ3v) is 5.69. The molecule has 1 aromatic heterocycles. The van der Waals surface area contributed by atoms with Gasteiger partial charge in [0, 0.05) is 24.8 Å². The van der Waals surface area contributed by atoms with Gasteiger partial charge in [-0.25, -0.2) is 14.7 Å². The van der Waals surface area contributed by atoms with E-state index in [1.54, 1.807) is 59.8 Å². The summed E-state index contributed by atoms with van der Waals surface area (Å²) in [4.78, 5) is 36.7. The number of ether oxygens (including phenoxy) is 2. The van der Waals surface area contributed by atoms with Gasteiger partial charge in [-0.1, -0.05) is 15.9 Å². The number of rotatable bonds is 7. The van der Waals surface area contributed by atoms with E-state index in [0.29, 0.717) is 22.4 Å². The van der Waals surface area contributed by atoms with Crippen LogP contribution in [-0.2, 0) is 4.74 Å². The Morgan fingerprint density at radius 2 is 1.73 bits per heavy atom. The Morgan fingerprint density at radius 3 is 2.23 bits per heavy atom. The van der Waals surface area contributed by atoms with E-state index in [-0.39, 0.29) is 23.2 Å². The molecule has 0 radical (unpaired) electrons. The molecule has 208 valence electrons. The molecule has 12 heteroatoms. The summed E-state index contributed by atoms with van der Waals surface area (Å²) in [5.74, 6) is -0.199. The fourth-order valence-corrected chi connectivity index (χ4v) is 4.25. The molecule has 0 fully saturated rings. The maximum Gasteiger partial charge on any atom is 0.421 e. The highest BCUT2D eigenvalue weighted by atomic mass is 79.9. The third-order valence-electron chi connectivity index (χ3n) is 5.23. The van der Waals surface area contributed by atoms with Crippen molar-refractivity contribution in [1.29, 1.82) is 5.26 Å². The summed E-state index contributed by atoms with van der Waals surface area (Å²) in [6.07, 6.45) is 2.19. The van der Waals surface area contributed by atoms with Crippen molar-refractivity contribution >= 4 is 45.4 Å². The minimum Gasteiger partial charge on any atom is -0.443 e. The van der Waals surface area contributed by atoms with Gasteiger partial charge in [0.05, 0.1) is 22.2 Å². The minimum atomic E-state index is -0.874. The number of amides is 1. The number of hydrogen-bond donors (Lipinski definition) is 0. The lowest BCUT2D eigenvalue weighted by molar-refractivity contribution is -0.386. The van der Waals surface area contributed by atoms with E-state index in [9.17, 15) is 20.2 Å². The highest BCUT2D eigenvalue weighted by Gasteiger charge is 2.32. The average molecular weight is 609 g/mol. The lowest BCUT2D eigenvalue weighted by Crippen LogP contribution is -2.35. The molecule has 0 bridgehead atoms. The molecule has 0 aliphatic rings. The smallest absolute Gasteiger partial charge is 0.421 e. The van der Waals surface area contributed by atoms with Crippen molar-refractivity contribution in [3.63, 3.8) is 0 Å².